The number of hydrogen-bond donors (Lipinski definition) is 1. The quantitative estimate of drug-likeness (QED) is 0.934. The van der Waals surface area contributed by atoms with Crippen LogP contribution in [-0.2, 0) is 0 Å². The van der Waals surface area contributed by atoms with Gasteiger partial charge in [0.05, 0.1) is 24.9 Å². The van der Waals surface area contributed by atoms with Crippen LogP contribution in [0.1, 0.15) is 5.69 Å². The molecule has 0 radical (unpaired) electrons. The highest BCUT2D eigenvalue weighted by molar-refractivity contribution is 6.32. The molecule has 0 aliphatic carbocycles. The largest absolute Gasteiger partial charge is 0.495 e. The van der Waals surface area contributed by atoms with Crippen LogP contribution < -0.4 is 14.8 Å². The molecule has 0 saturated carbocycles. The maximum atomic E-state index is 8.85. The average Bonchev–Trinajstić information content (AvgIpc) is 2.48. The monoisotopic (exact) mass is 289 g/mol. The normalized spacial score (nSPS) is 9.70. The molecule has 2 aromatic rings. The maximum absolute atomic E-state index is 8.85. The number of aromatic nitrogens is 1. The number of nitrogens with zero attached hydrogens (tertiary/aromatic N) is 2. The smallest absolute Gasteiger partial charge is 0.144 e. The van der Waals surface area contributed by atoms with Crippen molar-refractivity contribution in [2.24, 2.45) is 0 Å². The summed E-state index contributed by atoms with van der Waals surface area (Å²) in [5.74, 6) is 1.11. The maximum Gasteiger partial charge on any atom is 0.144 e. The Kier molecular flexibility index (Phi) is 4.28. The Bertz CT molecular complexity index is 668. The Balaban J connectivity index is 2.39. The summed E-state index contributed by atoms with van der Waals surface area (Å²) in [5, 5.41) is 12.5. The Hall–Kier alpha value is -2.45. The number of rotatable bonds is 4. The Morgan fingerprint density at radius 2 is 1.95 bits per heavy atom. The van der Waals surface area contributed by atoms with Gasteiger partial charge in [0, 0.05) is 24.0 Å². The minimum atomic E-state index is 0.329. The second-order valence-corrected chi connectivity index (χ2v) is 4.26. The zero-order chi connectivity index (χ0) is 14.5. The van der Waals surface area contributed by atoms with Crippen LogP contribution in [0, 0.1) is 11.3 Å². The minimum Gasteiger partial charge on any atom is -0.495 e. The van der Waals surface area contributed by atoms with Crippen molar-refractivity contribution in [2.75, 3.05) is 19.5 Å². The van der Waals surface area contributed by atoms with Gasteiger partial charge >= 0.3 is 0 Å². The van der Waals surface area contributed by atoms with Gasteiger partial charge in [-0.05, 0) is 12.1 Å². The van der Waals surface area contributed by atoms with Crippen molar-refractivity contribution < 1.29 is 9.47 Å². The topological polar surface area (TPSA) is 67.2 Å². The molecular formula is C14H12ClN3O2. The summed E-state index contributed by atoms with van der Waals surface area (Å²) in [6, 6.07) is 8.77. The Morgan fingerprint density at radius 1 is 1.20 bits per heavy atom. The number of benzene rings is 1. The molecule has 1 heterocycles. The van der Waals surface area contributed by atoms with E-state index < -0.39 is 0 Å². The molecule has 0 saturated heterocycles. The molecule has 20 heavy (non-hydrogen) atoms. The van der Waals surface area contributed by atoms with Crippen molar-refractivity contribution in [3.63, 3.8) is 0 Å². The summed E-state index contributed by atoms with van der Waals surface area (Å²) < 4.78 is 10.4. The minimum absolute atomic E-state index is 0.329. The highest BCUT2D eigenvalue weighted by Gasteiger charge is 2.10. The van der Waals surface area contributed by atoms with Crippen LogP contribution in [0.5, 0.6) is 11.5 Å². The third-order valence-electron chi connectivity index (χ3n) is 2.63. The SMILES string of the molecule is COc1cc(Nc2ccnc(C#N)c2)c(OC)cc1Cl. The number of hydrogen-bond acceptors (Lipinski definition) is 5. The predicted molar refractivity (Wildman–Crippen MR) is 76.8 cm³/mol. The second-order valence-electron chi connectivity index (χ2n) is 3.85. The highest BCUT2D eigenvalue weighted by atomic mass is 35.5. The van der Waals surface area contributed by atoms with Crippen molar-refractivity contribution in [1.29, 1.82) is 5.26 Å². The van der Waals surface area contributed by atoms with Crippen LogP contribution >= 0.6 is 11.6 Å². The number of anilines is 2. The zero-order valence-electron chi connectivity index (χ0n) is 11.0. The van der Waals surface area contributed by atoms with E-state index in [0.29, 0.717) is 27.9 Å². The number of halogens is 1. The van der Waals surface area contributed by atoms with E-state index in [2.05, 4.69) is 10.3 Å². The van der Waals surface area contributed by atoms with E-state index >= 15 is 0 Å². The zero-order valence-corrected chi connectivity index (χ0v) is 11.7. The Labute approximate surface area is 121 Å². The molecule has 0 aliphatic heterocycles. The molecule has 0 amide bonds. The summed E-state index contributed by atoms with van der Waals surface area (Å²) >= 11 is 6.05. The first kappa shape index (κ1) is 14.0. The van der Waals surface area contributed by atoms with Crippen LogP contribution in [0.3, 0.4) is 0 Å². The molecule has 0 fully saturated rings. The van der Waals surface area contributed by atoms with E-state index in [0.717, 1.165) is 5.69 Å². The summed E-state index contributed by atoms with van der Waals surface area (Å²) in [6.07, 6.45) is 1.56. The fraction of sp³-hybridized carbons (Fsp3) is 0.143. The van der Waals surface area contributed by atoms with Gasteiger partial charge in [-0.25, -0.2) is 4.98 Å². The molecule has 1 N–H and O–H groups in total. The third kappa shape index (κ3) is 2.92. The first-order chi connectivity index (χ1) is 9.67. The molecule has 0 unspecified atom stereocenters. The van der Waals surface area contributed by atoms with Gasteiger partial charge in [0.2, 0.25) is 0 Å². The molecule has 1 aromatic carbocycles. The van der Waals surface area contributed by atoms with Crippen LogP contribution in [-0.4, -0.2) is 19.2 Å². The lowest BCUT2D eigenvalue weighted by Crippen LogP contribution is -1.97. The van der Waals surface area contributed by atoms with Gasteiger partial charge in [-0.1, -0.05) is 11.6 Å². The van der Waals surface area contributed by atoms with Gasteiger partial charge < -0.3 is 14.8 Å². The highest BCUT2D eigenvalue weighted by Crippen LogP contribution is 2.37. The van der Waals surface area contributed by atoms with Gasteiger partial charge in [0.1, 0.15) is 23.3 Å². The number of nitriles is 1. The molecular weight excluding hydrogens is 278 g/mol. The average molecular weight is 290 g/mol. The first-order valence-corrected chi connectivity index (χ1v) is 6.10. The number of pyridine rings is 1. The van der Waals surface area contributed by atoms with Crippen LogP contribution in [0.4, 0.5) is 11.4 Å². The van der Waals surface area contributed by atoms with Crippen LogP contribution in [0.2, 0.25) is 5.02 Å². The lowest BCUT2D eigenvalue weighted by molar-refractivity contribution is 0.405. The molecule has 0 bridgehead atoms. The summed E-state index contributed by atoms with van der Waals surface area (Å²) in [5.41, 5.74) is 1.73. The van der Waals surface area contributed by atoms with Gasteiger partial charge in [0.25, 0.3) is 0 Å². The van der Waals surface area contributed by atoms with Crippen LogP contribution in [0.25, 0.3) is 0 Å². The molecule has 6 heteroatoms. The summed E-state index contributed by atoms with van der Waals surface area (Å²) in [6.45, 7) is 0. The van der Waals surface area contributed by atoms with Crippen molar-refractivity contribution in [2.45, 2.75) is 0 Å². The summed E-state index contributed by atoms with van der Waals surface area (Å²) in [4.78, 5) is 3.91. The van der Waals surface area contributed by atoms with Crippen molar-refractivity contribution in [1.82, 2.24) is 4.98 Å². The van der Waals surface area contributed by atoms with Crippen molar-refractivity contribution in [3.05, 3.63) is 41.2 Å². The van der Waals surface area contributed by atoms with Gasteiger partial charge in [-0.2, -0.15) is 5.26 Å². The molecule has 2 rings (SSSR count). The fourth-order valence-corrected chi connectivity index (χ4v) is 1.91. The fourth-order valence-electron chi connectivity index (χ4n) is 1.68. The molecule has 0 aliphatic rings. The number of ether oxygens (including phenoxy) is 2. The van der Waals surface area contributed by atoms with Gasteiger partial charge in [-0.3, -0.25) is 0 Å². The van der Waals surface area contributed by atoms with E-state index in [1.807, 2.05) is 6.07 Å². The van der Waals surface area contributed by atoms with E-state index in [1.165, 1.54) is 7.11 Å². The standard InChI is InChI=1S/C14H12ClN3O2/c1-19-13-7-12(14(20-2)6-11(13)15)18-9-3-4-17-10(5-9)8-16/h3-7H,1-2H3,(H,17,18). The van der Waals surface area contributed by atoms with Crippen LogP contribution in [0.15, 0.2) is 30.5 Å². The second kappa shape index (κ2) is 6.13. The number of methoxy groups -OCH3 is 2. The predicted octanol–water partition coefficient (Wildman–Crippen LogP) is 3.37. The van der Waals surface area contributed by atoms with Crippen molar-refractivity contribution >= 4 is 23.0 Å². The van der Waals surface area contributed by atoms with Gasteiger partial charge in [-0.15, -0.1) is 0 Å². The first-order valence-electron chi connectivity index (χ1n) is 5.72. The van der Waals surface area contributed by atoms with E-state index in [9.17, 15) is 0 Å². The molecule has 5 nitrogen and oxygen atoms in total. The molecule has 0 spiro atoms. The van der Waals surface area contributed by atoms with E-state index in [1.54, 1.807) is 37.6 Å². The molecule has 0 atom stereocenters. The van der Waals surface area contributed by atoms with E-state index in [-0.39, 0.29) is 0 Å². The number of nitrogens with one attached hydrogen (secondary N) is 1. The molecule has 102 valence electrons. The lowest BCUT2D eigenvalue weighted by Gasteiger charge is -2.14. The van der Waals surface area contributed by atoms with E-state index in [4.69, 9.17) is 26.3 Å². The third-order valence-corrected chi connectivity index (χ3v) is 2.92. The lowest BCUT2D eigenvalue weighted by atomic mass is 10.2. The summed E-state index contributed by atoms with van der Waals surface area (Å²) in [7, 11) is 3.09. The van der Waals surface area contributed by atoms with Crippen molar-refractivity contribution in [3.8, 4) is 17.6 Å². The Morgan fingerprint density at radius 3 is 2.60 bits per heavy atom. The molecule has 1 aromatic heterocycles. The van der Waals surface area contributed by atoms with Gasteiger partial charge in [0.15, 0.2) is 0 Å².